The van der Waals surface area contributed by atoms with E-state index in [4.69, 9.17) is 4.74 Å². The van der Waals surface area contributed by atoms with Gasteiger partial charge in [-0.15, -0.1) is 0 Å². The third-order valence-corrected chi connectivity index (χ3v) is 5.94. The standard InChI is InChI=1S/C23H33N3O4/c1-16-13-26(17(2)15-27)22(28)19-11-18(7-10-23(29)8-5-6-9-23)12-24-21(19)30-20(16)14-25(3)4/h11-12,16-17,20,27,29H,5-6,8-9,13-15H2,1-4H3/t16-,17+,20-/m0/s1. The number of carbonyl (C=O) groups is 1. The van der Waals surface area contributed by atoms with E-state index in [9.17, 15) is 15.0 Å². The topological polar surface area (TPSA) is 86.1 Å². The van der Waals surface area contributed by atoms with E-state index < -0.39 is 5.60 Å². The van der Waals surface area contributed by atoms with Crippen LogP contribution >= 0.6 is 0 Å². The van der Waals surface area contributed by atoms with Gasteiger partial charge in [-0.3, -0.25) is 4.79 Å². The second-order valence-corrected chi connectivity index (χ2v) is 8.95. The lowest BCUT2D eigenvalue weighted by Crippen LogP contribution is -2.49. The molecule has 7 heteroatoms. The normalized spacial score (nSPS) is 24.4. The molecule has 1 fully saturated rings. The minimum atomic E-state index is -0.950. The molecule has 7 nitrogen and oxygen atoms in total. The number of hydrogen-bond donors (Lipinski definition) is 2. The molecule has 2 N–H and O–H groups in total. The highest BCUT2D eigenvalue weighted by atomic mass is 16.5. The van der Waals surface area contributed by atoms with Gasteiger partial charge in [0.25, 0.3) is 5.91 Å². The molecule has 0 saturated heterocycles. The lowest BCUT2D eigenvalue weighted by molar-refractivity contribution is 0.0348. The van der Waals surface area contributed by atoms with Gasteiger partial charge in [-0.25, -0.2) is 4.98 Å². The maximum absolute atomic E-state index is 13.3. The number of aromatic nitrogens is 1. The summed E-state index contributed by atoms with van der Waals surface area (Å²) in [4.78, 5) is 21.5. The number of fused-ring (bicyclic) bond motifs is 1. The maximum Gasteiger partial charge on any atom is 0.259 e. The van der Waals surface area contributed by atoms with Crippen molar-refractivity contribution in [3.05, 3.63) is 23.4 Å². The Hall–Kier alpha value is -2.14. The second kappa shape index (κ2) is 9.34. The van der Waals surface area contributed by atoms with Crippen LogP contribution in [0.3, 0.4) is 0 Å². The Morgan fingerprint density at radius 3 is 2.73 bits per heavy atom. The zero-order chi connectivity index (χ0) is 21.9. The number of hydrogen-bond acceptors (Lipinski definition) is 6. The number of carbonyl (C=O) groups excluding carboxylic acids is 1. The molecule has 164 valence electrons. The smallest absolute Gasteiger partial charge is 0.259 e. The fraction of sp³-hybridized carbons (Fsp3) is 0.652. The van der Waals surface area contributed by atoms with Crippen LogP contribution in [-0.2, 0) is 0 Å². The molecular weight excluding hydrogens is 382 g/mol. The molecule has 0 spiro atoms. The van der Waals surface area contributed by atoms with Crippen LogP contribution in [0, 0.1) is 17.8 Å². The molecular formula is C23H33N3O4. The molecule has 3 atom stereocenters. The molecule has 0 radical (unpaired) electrons. The van der Waals surface area contributed by atoms with Gasteiger partial charge < -0.3 is 24.7 Å². The summed E-state index contributed by atoms with van der Waals surface area (Å²) in [5.74, 6) is 6.09. The molecule has 0 unspecified atom stereocenters. The van der Waals surface area contributed by atoms with Gasteiger partial charge in [0.15, 0.2) is 0 Å². The zero-order valence-electron chi connectivity index (χ0n) is 18.4. The van der Waals surface area contributed by atoms with E-state index in [2.05, 4.69) is 16.8 Å². The molecule has 1 saturated carbocycles. The lowest BCUT2D eigenvalue weighted by atomic mass is 9.99. The fourth-order valence-corrected chi connectivity index (χ4v) is 4.02. The van der Waals surface area contributed by atoms with E-state index in [0.717, 1.165) is 12.8 Å². The van der Waals surface area contributed by atoms with Gasteiger partial charge in [-0.2, -0.15) is 0 Å². The fourth-order valence-electron chi connectivity index (χ4n) is 4.02. The molecule has 1 aliphatic heterocycles. The summed E-state index contributed by atoms with van der Waals surface area (Å²) in [5.41, 5.74) is -0.0364. The number of amides is 1. The van der Waals surface area contributed by atoms with Crippen molar-refractivity contribution in [3.8, 4) is 17.7 Å². The van der Waals surface area contributed by atoms with Crippen molar-refractivity contribution in [3.63, 3.8) is 0 Å². The Morgan fingerprint density at radius 2 is 2.10 bits per heavy atom. The molecule has 1 amide bonds. The highest BCUT2D eigenvalue weighted by molar-refractivity contribution is 5.97. The zero-order valence-corrected chi connectivity index (χ0v) is 18.4. The molecule has 0 aromatic carbocycles. The summed E-state index contributed by atoms with van der Waals surface area (Å²) in [7, 11) is 3.96. The van der Waals surface area contributed by atoms with Crippen molar-refractivity contribution >= 4 is 5.91 Å². The molecule has 30 heavy (non-hydrogen) atoms. The first kappa shape index (κ1) is 22.5. The number of likely N-dealkylation sites (N-methyl/N-ethyl adjacent to an activating group) is 1. The predicted molar refractivity (Wildman–Crippen MR) is 114 cm³/mol. The molecule has 2 aliphatic rings. The van der Waals surface area contributed by atoms with Gasteiger partial charge in [-0.05, 0) is 52.8 Å². The van der Waals surface area contributed by atoms with E-state index in [1.54, 1.807) is 17.2 Å². The summed E-state index contributed by atoms with van der Waals surface area (Å²) >= 11 is 0. The second-order valence-electron chi connectivity index (χ2n) is 8.95. The number of nitrogens with zero attached hydrogens (tertiary/aromatic N) is 3. The van der Waals surface area contributed by atoms with Crippen molar-refractivity contribution in [2.75, 3.05) is 33.8 Å². The first-order chi connectivity index (χ1) is 14.2. The van der Waals surface area contributed by atoms with Crippen molar-refractivity contribution in [1.29, 1.82) is 0 Å². The van der Waals surface area contributed by atoms with Crippen LogP contribution in [0.5, 0.6) is 5.88 Å². The number of aliphatic hydroxyl groups excluding tert-OH is 1. The van der Waals surface area contributed by atoms with Crippen LogP contribution in [-0.4, -0.2) is 82.4 Å². The van der Waals surface area contributed by atoms with Crippen LogP contribution in [0.25, 0.3) is 0 Å². The van der Waals surface area contributed by atoms with Gasteiger partial charge in [0.1, 0.15) is 17.3 Å². The number of rotatable bonds is 4. The Balaban J connectivity index is 1.98. The van der Waals surface area contributed by atoms with Gasteiger partial charge in [0.2, 0.25) is 5.88 Å². The SMILES string of the molecule is C[C@H](CO)N1C[C@H](C)[C@H](CN(C)C)Oc2ncc(C#CC3(O)CCCC3)cc2C1=O. The monoisotopic (exact) mass is 415 g/mol. The summed E-state index contributed by atoms with van der Waals surface area (Å²) in [5, 5.41) is 20.2. The summed E-state index contributed by atoms with van der Waals surface area (Å²) in [6.45, 7) is 4.93. The van der Waals surface area contributed by atoms with Crippen LogP contribution in [0.4, 0.5) is 0 Å². The third-order valence-electron chi connectivity index (χ3n) is 5.94. The maximum atomic E-state index is 13.3. The van der Waals surface area contributed by atoms with Gasteiger partial charge >= 0.3 is 0 Å². The summed E-state index contributed by atoms with van der Waals surface area (Å²) in [6.07, 6.45) is 4.73. The summed E-state index contributed by atoms with van der Waals surface area (Å²) in [6, 6.07) is 1.37. The lowest BCUT2D eigenvalue weighted by Gasteiger charge is -2.37. The average molecular weight is 416 g/mol. The largest absolute Gasteiger partial charge is 0.472 e. The van der Waals surface area contributed by atoms with Crippen LogP contribution in [0.2, 0.25) is 0 Å². The number of pyridine rings is 1. The third kappa shape index (κ3) is 5.12. The van der Waals surface area contributed by atoms with Crippen molar-refractivity contribution in [2.24, 2.45) is 5.92 Å². The van der Waals surface area contributed by atoms with Crippen molar-refractivity contribution < 1.29 is 19.7 Å². The van der Waals surface area contributed by atoms with Gasteiger partial charge in [-0.1, -0.05) is 18.8 Å². The quantitative estimate of drug-likeness (QED) is 0.726. The summed E-state index contributed by atoms with van der Waals surface area (Å²) < 4.78 is 6.18. The van der Waals surface area contributed by atoms with E-state index in [1.807, 2.05) is 32.8 Å². The molecule has 0 bridgehead atoms. The molecule has 1 aliphatic carbocycles. The predicted octanol–water partition coefficient (Wildman–Crippen LogP) is 1.52. The first-order valence-electron chi connectivity index (χ1n) is 10.7. The molecule has 2 heterocycles. The molecule has 1 aromatic rings. The van der Waals surface area contributed by atoms with Crippen molar-refractivity contribution in [2.45, 2.75) is 57.3 Å². The van der Waals surface area contributed by atoms with Crippen LogP contribution in [0.1, 0.15) is 55.5 Å². The minimum Gasteiger partial charge on any atom is -0.472 e. The molecule has 3 rings (SSSR count). The Morgan fingerprint density at radius 1 is 1.40 bits per heavy atom. The molecule has 1 aromatic heterocycles. The number of aliphatic hydroxyl groups is 2. The van der Waals surface area contributed by atoms with Gasteiger partial charge in [0, 0.05) is 30.8 Å². The average Bonchev–Trinajstić information content (AvgIpc) is 3.15. The Labute approximate surface area is 179 Å². The van der Waals surface area contributed by atoms with Crippen molar-refractivity contribution in [1.82, 2.24) is 14.8 Å². The Bertz CT molecular complexity index is 823. The van der Waals surface area contributed by atoms with E-state index in [1.165, 1.54) is 0 Å². The van der Waals surface area contributed by atoms with Crippen LogP contribution < -0.4 is 4.74 Å². The van der Waals surface area contributed by atoms with E-state index in [-0.39, 0.29) is 30.6 Å². The van der Waals surface area contributed by atoms with E-state index in [0.29, 0.717) is 42.9 Å². The van der Waals surface area contributed by atoms with Crippen LogP contribution in [0.15, 0.2) is 12.3 Å². The highest BCUT2D eigenvalue weighted by Crippen LogP contribution is 2.29. The number of ether oxygens (including phenoxy) is 1. The van der Waals surface area contributed by atoms with E-state index >= 15 is 0 Å². The highest BCUT2D eigenvalue weighted by Gasteiger charge is 2.34. The Kier molecular flexibility index (Phi) is 7.02. The minimum absolute atomic E-state index is 0.0661. The van der Waals surface area contributed by atoms with Gasteiger partial charge in [0.05, 0.1) is 12.6 Å². The first-order valence-corrected chi connectivity index (χ1v) is 10.7.